The van der Waals surface area contributed by atoms with Crippen LogP contribution in [-0.4, -0.2) is 34.5 Å². The van der Waals surface area contributed by atoms with Gasteiger partial charge in [-0.05, 0) is 25.3 Å². The molecule has 2 atom stereocenters. The Kier molecular flexibility index (Phi) is 3.15. The summed E-state index contributed by atoms with van der Waals surface area (Å²) in [7, 11) is 0. The number of hydrogen-bond acceptors (Lipinski definition) is 4. The van der Waals surface area contributed by atoms with Crippen molar-refractivity contribution in [2.45, 2.75) is 31.7 Å². The van der Waals surface area contributed by atoms with Crippen LogP contribution in [0.3, 0.4) is 0 Å². The third-order valence-corrected chi connectivity index (χ3v) is 4.37. The van der Waals surface area contributed by atoms with Crippen LogP contribution < -0.4 is 5.32 Å². The molecule has 5 heteroatoms. The van der Waals surface area contributed by atoms with Crippen molar-refractivity contribution in [2.24, 2.45) is 0 Å². The van der Waals surface area contributed by atoms with Crippen LogP contribution in [0, 0.1) is 6.92 Å². The SMILES string of the molecule is Cc1cccc(C2CCNc3nc(C4CCOC4)nn32)c1. The molecule has 0 bridgehead atoms. The second-order valence-corrected chi connectivity index (χ2v) is 5.94. The summed E-state index contributed by atoms with van der Waals surface area (Å²) in [5, 5.41) is 8.15. The molecular weight excluding hydrogens is 264 g/mol. The predicted molar refractivity (Wildman–Crippen MR) is 80.6 cm³/mol. The topological polar surface area (TPSA) is 52.0 Å². The Bertz CT molecular complexity index is 645. The number of benzene rings is 1. The van der Waals surface area contributed by atoms with E-state index in [-0.39, 0.29) is 6.04 Å². The monoisotopic (exact) mass is 284 g/mol. The minimum atomic E-state index is 0.282. The van der Waals surface area contributed by atoms with Gasteiger partial charge in [0.25, 0.3) is 0 Å². The molecule has 0 saturated carbocycles. The first kappa shape index (κ1) is 12.8. The van der Waals surface area contributed by atoms with Crippen molar-refractivity contribution in [2.75, 3.05) is 25.1 Å². The average Bonchev–Trinajstić information content (AvgIpc) is 3.15. The lowest BCUT2D eigenvalue weighted by atomic mass is 10.0. The minimum absolute atomic E-state index is 0.282. The van der Waals surface area contributed by atoms with Gasteiger partial charge in [0.2, 0.25) is 5.95 Å². The molecule has 4 rings (SSSR count). The molecular formula is C16H20N4O. The van der Waals surface area contributed by atoms with Crippen LogP contribution in [0.15, 0.2) is 24.3 Å². The molecule has 1 saturated heterocycles. The van der Waals surface area contributed by atoms with Crippen LogP contribution in [0.1, 0.15) is 41.8 Å². The molecule has 0 radical (unpaired) electrons. The van der Waals surface area contributed by atoms with Crippen molar-refractivity contribution in [3.8, 4) is 0 Å². The van der Waals surface area contributed by atoms with E-state index in [0.29, 0.717) is 5.92 Å². The molecule has 1 aromatic carbocycles. The average molecular weight is 284 g/mol. The van der Waals surface area contributed by atoms with Crippen molar-refractivity contribution >= 4 is 5.95 Å². The summed E-state index contributed by atoms with van der Waals surface area (Å²) >= 11 is 0. The first-order valence-electron chi connectivity index (χ1n) is 7.66. The van der Waals surface area contributed by atoms with Gasteiger partial charge in [0.1, 0.15) is 0 Å². The highest BCUT2D eigenvalue weighted by atomic mass is 16.5. The lowest BCUT2D eigenvalue weighted by molar-refractivity contribution is 0.193. The van der Waals surface area contributed by atoms with Crippen LogP contribution in [0.25, 0.3) is 0 Å². The van der Waals surface area contributed by atoms with Crippen LogP contribution in [0.4, 0.5) is 5.95 Å². The number of rotatable bonds is 2. The van der Waals surface area contributed by atoms with Gasteiger partial charge in [0.05, 0.1) is 12.6 Å². The number of aromatic nitrogens is 3. The van der Waals surface area contributed by atoms with Gasteiger partial charge in [-0.3, -0.25) is 0 Å². The molecule has 0 amide bonds. The number of nitrogens with one attached hydrogen (secondary N) is 1. The lowest BCUT2D eigenvalue weighted by Gasteiger charge is -2.24. The van der Waals surface area contributed by atoms with E-state index >= 15 is 0 Å². The molecule has 1 N–H and O–H groups in total. The van der Waals surface area contributed by atoms with E-state index in [1.54, 1.807) is 0 Å². The Hall–Kier alpha value is -1.88. The van der Waals surface area contributed by atoms with Crippen molar-refractivity contribution in [3.05, 3.63) is 41.2 Å². The Morgan fingerprint density at radius 3 is 3.10 bits per heavy atom. The summed E-state index contributed by atoms with van der Waals surface area (Å²) in [6.07, 6.45) is 2.07. The largest absolute Gasteiger partial charge is 0.381 e. The first-order valence-corrected chi connectivity index (χ1v) is 7.66. The van der Waals surface area contributed by atoms with Gasteiger partial charge in [-0.25, -0.2) is 4.68 Å². The van der Waals surface area contributed by atoms with Crippen molar-refractivity contribution in [3.63, 3.8) is 0 Å². The molecule has 21 heavy (non-hydrogen) atoms. The zero-order valence-electron chi connectivity index (χ0n) is 12.2. The summed E-state index contributed by atoms with van der Waals surface area (Å²) in [5.74, 6) is 2.17. The second-order valence-electron chi connectivity index (χ2n) is 5.94. The Balaban J connectivity index is 1.70. The molecule has 2 aromatic rings. The van der Waals surface area contributed by atoms with Crippen molar-refractivity contribution < 1.29 is 4.74 Å². The molecule has 2 aliphatic heterocycles. The van der Waals surface area contributed by atoms with Crippen LogP contribution >= 0.6 is 0 Å². The quantitative estimate of drug-likeness (QED) is 0.920. The smallest absolute Gasteiger partial charge is 0.221 e. The number of ether oxygens (including phenoxy) is 1. The van der Waals surface area contributed by atoms with Gasteiger partial charge in [-0.15, -0.1) is 0 Å². The highest BCUT2D eigenvalue weighted by molar-refractivity contribution is 5.34. The third-order valence-electron chi connectivity index (χ3n) is 4.37. The minimum Gasteiger partial charge on any atom is -0.381 e. The second kappa shape index (κ2) is 5.15. The number of anilines is 1. The van der Waals surface area contributed by atoms with Gasteiger partial charge in [0.15, 0.2) is 5.82 Å². The van der Waals surface area contributed by atoms with Crippen molar-refractivity contribution in [1.29, 1.82) is 0 Å². The normalized spacial score (nSPS) is 24.6. The Labute approximate surface area is 124 Å². The summed E-state index contributed by atoms with van der Waals surface area (Å²) in [6, 6.07) is 8.97. The fourth-order valence-electron chi connectivity index (χ4n) is 3.22. The summed E-state index contributed by atoms with van der Waals surface area (Å²) in [4.78, 5) is 4.69. The molecule has 2 unspecified atom stereocenters. The van der Waals surface area contributed by atoms with Crippen molar-refractivity contribution in [1.82, 2.24) is 14.8 Å². The number of hydrogen-bond donors (Lipinski definition) is 1. The fraction of sp³-hybridized carbons (Fsp3) is 0.500. The van der Waals surface area contributed by atoms with Gasteiger partial charge in [0, 0.05) is 19.1 Å². The van der Waals surface area contributed by atoms with E-state index in [1.807, 2.05) is 0 Å². The molecule has 110 valence electrons. The summed E-state index contributed by atoms with van der Waals surface area (Å²) in [5.41, 5.74) is 2.61. The zero-order chi connectivity index (χ0) is 14.2. The van der Waals surface area contributed by atoms with Crippen LogP contribution in [0.5, 0.6) is 0 Å². The van der Waals surface area contributed by atoms with E-state index in [0.717, 1.165) is 44.4 Å². The van der Waals surface area contributed by atoms with Gasteiger partial charge >= 0.3 is 0 Å². The first-order chi connectivity index (χ1) is 10.3. The Morgan fingerprint density at radius 2 is 2.29 bits per heavy atom. The van der Waals surface area contributed by atoms with E-state index in [2.05, 4.69) is 41.2 Å². The van der Waals surface area contributed by atoms with Crippen LogP contribution in [0.2, 0.25) is 0 Å². The maximum absolute atomic E-state index is 5.46. The molecule has 2 aliphatic rings. The van der Waals surface area contributed by atoms with E-state index < -0.39 is 0 Å². The number of aryl methyl sites for hydroxylation is 1. The molecule has 0 spiro atoms. The fourth-order valence-corrected chi connectivity index (χ4v) is 3.22. The zero-order valence-corrected chi connectivity index (χ0v) is 12.2. The lowest BCUT2D eigenvalue weighted by Crippen LogP contribution is -2.24. The molecule has 0 aliphatic carbocycles. The summed E-state index contributed by atoms with van der Waals surface area (Å²) < 4.78 is 7.52. The van der Waals surface area contributed by atoms with Gasteiger partial charge < -0.3 is 10.1 Å². The van der Waals surface area contributed by atoms with Gasteiger partial charge in [-0.2, -0.15) is 10.1 Å². The Morgan fingerprint density at radius 1 is 1.33 bits per heavy atom. The standard InChI is InChI=1S/C16H20N4O/c1-11-3-2-4-12(9-11)14-5-7-17-16-18-15(19-20(14)16)13-6-8-21-10-13/h2-4,9,13-14H,5-8,10H2,1H3,(H,17,18,19). The highest BCUT2D eigenvalue weighted by Crippen LogP contribution is 2.31. The molecule has 5 nitrogen and oxygen atoms in total. The predicted octanol–water partition coefficient (Wildman–Crippen LogP) is 2.50. The van der Waals surface area contributed by atoms with E-state index in [9.17, 15) is 0 Å². The maximum Gasteiger partial charge on any atom is 0.221 e. The number of fused-ring (bicyclic) bond motifs is 1. The van der Waals surface area contributed by atoms with E-state index in [1.165, 1.54) is 11.1 Å². The van der Waals surface area contributed by atoms with E-state index in [4.69, 9.17) is 14.8 Å². The third kappa shape index (κ3) is 2.31. The number of nitrogens with zero attached hydrogens (tertiary/aromatic N) is 3. The molecule has 1 fully saturated rings. The highest BCUT2D eigenvalue weighted by Gasteiger charge is 2.28. The van der Waals surface area contributed by atoms with Crippen LogP contribution in [-0.2, 0) is 4.74 Å². The van der Waals surface area contributed by atoms with Gasteiger partial charge in [-0.1, -0.05) is 29.8 Å². The molecule has 3 heterocycles. The maximum atomic E-state index is 5.46. The molecule has 1 aromatic heterocycles. The summed E-state index contributed by atoms with van der Waals surface area (Å²) in [6.45, 7) is 4.65.